The molecule has 1 aliphatic heterocycles. The summed E-state index contributed by atoms with van der Waals surface area (Å²) in [7, 11) is 0. The lowest BCUT2D eigenvalue weighted by atomic mass is 9.49. The Bertz CT molecular complexity index is 409. The number of morpholine rings is 1. The molecule has 3 atom stereocenters. The highest BCUT2D eigenvalue weighted by Gasteiger charge is 2.50. The predicted molar refractivity (Wildman–Crippen MR) is 98.5 cm³/mol. The molecule has 25 heavy (non-hydrogen) atoms. The summed E-state index contributed by atoms with van der Waals surface area (Å²) in [5, 5.41) is 10.3. The highest BCUT2D eigenvalue weighted by atomic mass is 16.5. The summed E-state index contributed by atoms with van der Waals surface area (Å²) in [4.78, 5) is 2.31. The van der Waals surface area contributed by atoms with Gasteiger partial charge in [-0.15, -0.1) is 0 Å². The molecule has 4 heteroatoms. The lowest BCUT2D eigenvalue weighted by Gasteiger charge is -2.57. The van der Waals surface area contributed by atoms with E-state index in [-0.39, 0.29) is 18.3 Å². The topological polar surface area (TPSA) is 41.9 Å². The second-order valence-corrected chi connectivity index (χ2v) is 9.87. The summed E-state index contributed by atoms with van der Waals surface area (Å²) in [6.07, 6.45) is 10.2. The third-order valence-corrected chi connectivity index (χ3v) is 7.22. The number of hydrogen-bond donors (Lipinski definition) is 1. The highest BCUT2D eigenvalue weighted by Crippen LogP contribution is 2.61. The van der Waals surface area contributed by atoms with Crippen molar-refractivity contribution in [1.29, 1.82) is 0 Å². The predicted octanol–water partition coefficient (Wildman–Crippen LogP) is 3.08. The van der Waals surface area contributed by atoms with Gasteiger partial charge in [-0.2, -0.15) is 0 Å². The summed E-state index contributed by atoms with van der Waals surface area (Å²) in [6.45, 7) is 8.05. The highest BCUT2D eigenvalue weighted by molar-refractivity contribution is 5.01. The van der Waals surface area contributed by atoms with E-state index < -0.39 is 0 Å². The van der Waals surface area contributed by atoms with Crippen LogP contribution in [0.5, 0.6) is 0 Å². The van der Waals surface area contributed by atoms with E-state index in [2.05, 4.69) is 18.7 Å². The molecule has 0 aromatic heterocycles. The molecule has 5 aliphatic rings. The van der Waals surface area contributed by atoms with Crippen molar-refractivity contribution < 1.29 is 14.6 Å². The van der Waals surface area contributed by atoms with Crippen LogP contribution >= 0.6 is 0 Å². The van der Waals surface area contributed by atoms with Crippen LogP contribution in [0.15, 0.2) is 0 Å². The van der Waals surface area contributed by atoms with Gasteiger partial charge < -0.3 is 14.6 Å². The monoisotopic (exact) mass is 351 g/mol. The fraction of sp³-hybridized carbons (Fsp3) is 1.00. The third-order valence-electron chi connectivity index (χ3n) is 7.22. The maximum Gasteiger partial charge on any atom is 0.0900 e. The van der Waals surface area contributed by atoms with E-state index in [0.29, 0.717) is 18.6 Å². The van der Waals surface area contributed by atoms with Crippen LogP contribution in [0, 0.1) is 23.2 Å². The van der Waals surface area contributed by atoms with Crippen LogP contribution in [0.1, 0.15) is 58.8 Å². The Morgan fingerprint density at radius 2 is 1.60 bits per heavy atom. The molecule has 3 unspecified atom stereocenters. The summed E-state index contributed by atoms with van der Waals surface area (Å²) in [5.41, 5.74) is 0.592. The molecule has 5 rings (SSSR count). The molecule has 5 fully saturated rings. The summed E-state index contributed by atoms with van der Waals surface area (Å²) in [6, 6.07) is 0. The molecule has 0 aromatic carbocycles. The molecule has 0 radical (unpaired) electrons. The average Bonchev–Trinajstić information content (AvgIpc) is 2.49. The van der Waals surface area contributed by atoms with Crippen molar-refractivity contribution in [2.45, 2.75) is 77.1 Å². The molecule has 4 nitrogen and oxygen atoms in total. The minimum absolute atomic E-state index is 0.257. The Kier molecular flexibility index (Phi) is 5.43. The molecular formula is C21H37NO3. The van der Waals surface area contributed by atoms with Crippen LogP contribution in [0.3, 0.4) is 0 Å². The maximum atomic E-state index is 10.3. The summed E-state index contributed by atoms with van der Waals surface area (Å²) >= 11 is 0. The van der Waals surface area contributed by atoms with Crippen LogP contribution < -0.4 is 0 Å². The van der Waals surface area contributed by atoms with Crippen molar-refractivity contribution >= 4 is 0 Å². The first-order valence-corrected chi connectivity index (χ1v) is 10.6. The number of β-amino-alcohol motifs (C(OH)–C–C–N with tert-alkyl or cyclic N) is 1. The van der Waals surface area contributed by atoms with Gasteiger partial charge in [-0.05, 0) is 82.0 Å². The number of hydrogen-bond acceptors (Lipinski definition) is 4. The third kappa shape index (κ3) is 4.40. The van der Waals surface area contributed by atoms with Gasteiger partial charge in [0.05, 0.1) is 24.9 Å². The first-order chi connectivity index (χ1) is 12.0. The molecule has 0 amide bonds. The number of rotatable bonds is 7. The maximum absolute atomic E-state index is 10.3. The van der Waals surface area contributed by atoms with Gasteiger partial charge in [-0.25, -0.2) is 0 Å². The lowest BCUT2D eigenvalue weighted by Crippen LogP contribution is -2.48. The van der Waals surface area contributed by atoms with Crippen LogP contribution in [0.25, 0.3) is 0 Å². The van der Waals surface area contributed by atoms with Crippen LogP contribution in [0.4, 0.5) is 0 Å². The van der Waals surface area contributed by atoms with Crippen molar-refractivity contribution in [3.05, 3.63) is 0 Å². The fourth-order valence-corrected chi connectivity index (χ4v) is 6.89. The van der Waals surface area contributed by atoms with E-state index >= 15 is 0 Å². The van der Waals surface area contributed by atoms with Crippen molar-refractivity contribution in [2.75, 3.05) is 32.8 Å². The second-order valence-electron chi connectivity index (χ2n) is 9.87. The van der Waals surface area contributed by atoms with Crippen molar-refractivity contribution in [2.24, 2.45) is 23.2 Å². The van der Waals surface area contributed by atoms with E-state index in [1.807, 2.05) is 0 Å². The molecule has 4 saturated carbocycles. The van der Waals surface area contributed by atoms with E-state index in [1.165, 1.54) is 44.9 Å². The van der Waals surface area contributed by atoms with E-state index in [9.17, 15) is 5.11 Å². The minimum atomic E-state index is -0.381. The quantitative estimate of drug-likeness (QED) is 0.716. The lowest BCUT2D eigenvalue weighted by molar-refractivity contribution is -0.0882. The Labute approximate surface area is 153 Å². The Morgan fingerprint density at radius 1 is 1.04 bits per heavy atom. The zero-order chi connectivity index (χ0) is 17.4. The molecule has 1 heterocycles. The Hall–Kier alpha value is -0.160. The van der Waals surface area contributed by atoms with Crippen molar-refractivity contribution in [1.82, 2.24) is 4.90 Å². The summed E-state index contributed by atoms with van der Waals surface area (Å²) in [5.74, 6) is 3.05. The first kappa shape index (κ1) is 18.2. The van der Waals surface area contributed by atoms with E-state index in [0.717, 1.165) is 37.5 Å². The van der Waals surface area contributed by atoms with Crippen LogP contribution in [0.2, 0.25) is 0 Å². The molecule has 1 saturated heterocycles. The first-order valence-electron chi connectivity index (χ1n) is 10.6. The Balaban J connectivity index is 1.16. The van der Waals surface area contributed by atoms with Crippen molar-refractivity contribution in [3.63, 3.8) is 0 Å². The van der Waals surface area contributed by atoms with Crippen LogP contribution in [-0.2, 0) is 9.47 Å². The number of aliphatic hydroxyl groups is 1. The molecule has 0 aromatic rings. The zero-order valence-corrected chi connectivity index (χ0v) is 16.2. The standard InChI is InChI=1S/C21H37NO3/c1-15-11-22(12-16(2)25-15)13-20(23)14-24-4-3-21-8-17-5-18(9-21)7-19(6-17)10-21/h15-20,23H,3-14H2,1-2H3. The van der Waals surface area contributed by atoms with Gasteiger partial charge in [0.25, 0.3) is 0 Å². The van der Waals surface area contributed by atoms with Gasteiger partial charge in [-0.3, -0.25) is 4.90 Å². The normalized spacial score (nSPS) is 45.0. The van der Waals surface area contributed by atoms with Gasteiger partial charge in [-0.1, -0.05) is 0 Å². The second kappa shape index (κ2) is 7.46. The van der Waals surface area contributed by atoms with Gasteiger partial charge in [0.2, 0.25) is 0 Å². The fourth-order valence-electron chi connectivity index (χ4n) is 6.89. The summed E-state index contributed by atoms with van der Waals surface area (Å²) < 4.78 is 11.7. The van der Waals surface area contributed by atoms with Crippen LogP contribution in [-0.4, -0.2) is 61.2 Å². The van der Waals surface area contributed by atoms with Gasteiger partial charge in [0.1, 0.15) is 0 Å². The van der Waals surface area contributed by atoms with Gasteiger partial charge >= 0.3 is 0 Å². The smallest absolute Gasteiger partial charge is 0.0900 e. The number of ether oxygens (including phenoxy) is 2. The molecule has 0 spiro atoms. The molecule has 1 N–H and O–H groups in total. The molecular weight excluding hydrogens is 314 g/mol. The molecule has 4 aliphatic carbocycles. The number of aliphatic hydroxyl groups excluding tert-OH is 1. The minimum Gasteiger partial charge on any atom is -0.389 e. The SMILES string of the molecule is CC1CN(CC(O)COCCC23CC4CC(CC(C4)C2)C3)CC(C)O1. The van der Waals surface area contributed by atoms with Gasteiger partial charge in [0, 0.05) is 26.2 Å². The Morgan fingerprint density at radius 3 is 2.16 bits per heavy atom. The van der Waals surface area contributed by atoms with Crippen molar-refractivity contribution in [3.8, 4) is 0 Å². The molecule has 144 valence electrons. The average molecular weight is 352 g/mol. The largest absolute Gasteiger partial charge is 0.389 e. The van der Waals surface area contributed by atoms with E-state index in [1.54, 1.807) is 0 Å². The number of nitrogens with zero attached hydrogens (tertiary/aromatic N) is 1. The zero-order valence-electron chi connectivity index (χ0n) is 16.2. The molecule has 4 bridgehead atoms. The van der Waals surface area contributed by atoms with E-state index in [4.69, 9.17) is 9.47 Å². The van der Waals surface area contributed by atoms with Gasteiger partial charge in [0.15, 0.2) is 0 Å².